The van der Waals surface area contributed by atoms with Gasteiger partial charge in [0.15, 0.2) is 5.82 Å². The van der Waals surface area contributed by atoms with E-state index in [1.165, 1.54) is 12.4 Å². The Morgan fingerprint density at radius 2 is 1.92 bits per heavy atom. The van der Waals surface area contributed by atoms with Crippen LogP contribution in [0.2, 0.25) is 0 Å². The summed E-state index contributed by atoms with van der Waals surface area (Å²) in [5.74, 6) is 1.28. The smallest absolute Gasteiger partial charge is 0.225 e. The predicted octanol–water partition coefficient (Wildman–Crippen LogP) is 1.81. The molecule has 0 aliphatic carbocycles. The number of hydrogen-bond acceptors (Lipinski definition) is 7. The van der Waals surface area contributed by atoms with E-state index in [0.29, 0.717) is 17.8 Å². The van der Waals surface area contributed by atoms with E-state index < -0.39 is 5.82 Å². The van der Waals surface area contributed by atoms with Crippen LogP contribution in [0.5, 0.6) is 0 Å². The van der Waals surface area contributed by atoms with E-state index in [4.69, 9.17) is 4.74 Å². The number of ether oxygens (including phenoxy) is 1. The molecule has 0 saturated carbocycles. The average Bonchev–Trinajstić information content (AvgIpc) is 3.00. The fourth-order valence-corrected chi connectivity index (χ4v) is 3.59. The van der Waals surface area contributed by atoms with Crippen molar-refractivity contribution in [3.63, 3.8) is 0 Å². The van der Waals surface area contributed by atoms with Crippen LogP contribution in [0.1, 0.15) is 18.4 Å². The highest BCUT2D eigenvalue weighted by molar-refractivity contribution is 5.38. The molecule has 2 fully saturated rings. The lowest BCUT2D eigenvalue weighted by Crippen LogP contribution is -2.65. The molecule has 7 nitrogen and oxygen atoms in total. The maximum atomic E-state index is 12.9. The molecule has 4 heterocycles. The van der Waals surface area contributed by atoms with Crippen molar-refractivity contribution in [3.05, 3.63) is 36.2 Å². The molecule has 25 heavy (non-hydrogen) atoms. The van der Waals surface area contributed by atoms with Crippen molar-refractivity contribution in [2.24, 2.45) is 5.92 Å². The van der Waals surface area contributed by atoms with Crippen LogP contribution in [-0.4, -0.2) is 51.8 Å². The maximum absolute atomic E-state index is 12.9. The molecule has 2 aliphatic heterocycles. The fraction of sp³-hybridized carbons (Fsp3) is 0.529. The van der Waals surface area contributed by atoms with Crippen LogP contribution in [0.4, 0.5) is 16.3 Å². The molecule has 4 rings (SSSR count). The fourth-order valence-electron chi connectivity index (χ4n) is 3.59. The van der Waals surface area contributed by atoms with Gasteiger partial charge in [0.05, 0.1) is 25.5 Å². The van der Waals surface area contributed by atoms with E-state index in [-0.39, 0.29) is 5.60 Å². The molecule has 2 aliphatic rings. The zero-order valence-electron chi connectivity index (χ0n) is 14.2. The first-order valence-corrected chi connectivity index (χ1v) is 8.54. The number of hydrogen-bond donors (Lipinski definition) is 1. The van der Waals surface area contributed by atoms with Gasteiger partial charge in [0, 0.05) is 25.5 Å². The van der Waals surface area contributed by atoms with Gasteiger partial charge in [-0.15, -0.1) is 0 Å². The Morgan fingerprint density at radius 1 is 1.20 bits per heavy atom. The second-order valence-electron chi connectivity index (χ2n) is 6.76. The van der Waals surface area contributed by atoms with Gasteiger partial charge >= 0.3 is 0 Å². The van der Waals surface area contributed by atoms with E-state index in [1.807, 2.05) is 24.2 Å². The van der Waals surface area contributed by atoms with Gasteiger partial charge in [-0.25, -0.2) is 24.3 Å². The highest BCUT2D eigenvalue weighted by Gasteiger charge is 2.53. The SMILES string of the molecule is Cc1cnc(NCCC2CCOC23CN(c2ncc(F)cn2)C3)nc1. The molecule has 8 heteroatoms. The summed E-state index contributed by atoms with van der Waals surface area (Å²) in [4.78, 5) is 18.7. The van der Waals surface area contributed by atoms with Crippen molar-refractivity contribution in [1.29, 1.82) is 0 Å². The summed E-state index contributed by atoms with van der Waals surface area (Å²) in [7, 11) is 0. The Morgan fingerprint density at radius 3 is 2.64 bits per heavy atom. The maximum Gasteiger partial charge on any atom is 0.225 e. The number of aromatic nitrogens is 4. The van der Waals surface area contributed by atoms with E-state index in [2.05, 4.69) is 25.3 Å². The Kier molecular flexibility index (Phi) is 4.20. The Bertz CT molecular complexity index is 717. The van der Waals surface area contributed by atoms with E-state index in [9.17, 15) is 4.39 Å². The Labute approximate surface area is 145 Å². The Hall–Kier alpha value is -2.35. The van der Waals surface area contributed by atoms with Gasteiger partial charge in [0.1, 0.15) is 5.60 Å². The summed E-state index contributed by atoms with van der Waals surface area (Å²) in [5, 5.41) is 3.28. The van der Waals surface area contributed by atoms with Crippen LogP contribution in [0, 0.1) is 18.7 Å². The second kappa shape index (κ2) is 6.51. The molecule has 1 N–H and O–H groups in total. The lowest BCUT2D eigenvalue weighted by atomic mass is 9.79. The van der Waals surface area contributed by atoms with E-state index >= 15 is 0 Å². The minimum atomic E-state index is -0.418. The van der Waals surface area contributed by atoms with Crippen LogP contribution in [0.3, 0.4) is 0 Å². The third-order valence-electron chi connectivity index (χ3n) is 4.96. The highest BCUT2D eigenvalue weighted by Crippen LogP contribution is 2.42. The largest absolute Gasteiger partial charge is 0.371 e. The summed E-state index contributed by atoms with van der Waals surface area (Å²) in [6, 6.07) is 0. The monoisotopic (exact) mass is 344 g/mol. The third-order valence-corrected chi connectivity index (χ3v) is 4.96. The lowest BCUT2D eigenvalue weighted by Gasteiger charge is -2.50. The van der Waals surface area contributed by atoms with Crippen LogP contribution < -0.4 is 10.2 Å². The van der Waals surface area contributed by atoms with Crippen LogP contribution in [-0.2, 0) is 4.74 Å². The zero-order chi connectivity index (χ0) is 17.3. The van der Waals surface area contributed by atoms with Gasteiger partial charge in [-0.05, 0) is 31.2 Å². The van der Waals surface area contributed by atoms with Crippen molar-refractivity contribution in [2.75, 3.05) is 36.5 Å². The number of nitrogens with one attached hydrogen (secondary N) is 1. The summed E-state index contributed by atoms with van der Waals surface area (Å²) in [5.41, 5.74) is 0.916. The number of aryl methyl sites for hydroxylation is 1. The average molecular weight is 344 g/mol. The standard InChI is InChI=1S/C17H21FN6O/c1-12-6-20-15(21-7-12)19-4-2-13-3-5-25-17(13)10-24(11-17)16-22-8-14(18)9-23-16/h6-9,13H,2-5,10-11H2,1H3,(H,19,20,21). The van der Waals surface area contributed by atoms with E-state index in [1.54, 1.807) is 0 Å². The van der Waals surface area contributed by atoms with Crippen molar-refractivity contribution in [2.45, 2.75) is 25.4 Å². The normalized spacial score (nSPS) is 21.4. The van der Waals surface area contributed by atoms with E-state index in [0.717, 1.165) is 44.6 Å². The number of halogens is 1. The van der Waals surface area contributed by atoms with Crippen LogP contribution >= 0.6 is 0 Å². The van der Waals surface area contributed by atoms with Crippen molar-refractivity contribution < 1.29 is 9.13 Å². The highest BCUT2D eigenvalue weighted by atomic mass is 19.1. The molecule has 2 aromatic heterocycles. The topological polar surface area (TPSA) is 76.1 Å². The van der Waals surface area contributed by atoms with Crippen molar-refractivity contribution >= 4 is 11.9 Å². The van der Waals surface area contributed by atoms with Crippen LogP contribution in [0.15, 0.2) is 24.8 Å². The number of nitrogens with zero attached hydrogens (tertiary/aromatic N) is 5. The van der Waals surface area contributed by atoms with Crippen LogP contribution in [0.25, 0.3) is 0 Å². The minimum Gasteiger partial charge on any atom is -0.371 e. The molecule has 0 aromatic carbocycles. The van der Waals surface area contributed by atoms with Crippen molar-refractivity contribution in [1.82, 2.24) is 19.9 Å². The molecular weight excluding hydrogens is 323 g/mol. The molecule has 0 amide bonds. The molecule has 1 spiro atoms. The zero-order valence-corrected chi connectivity index (χ0v) is 14.2. The van der Waals surface area contributed by atoms with Gasteiger partial charge in [-0.2, -0.15) is 0 Å². The first-order chi connectivity index (χ1) is 12.1. The van der Waals surface area contributed by atoms with Crippen molar-refractivity contribution in [3.8, 4) is 0 Å². The molecule has 2 aromatic rings. The van der Waals surface area contributed by atoms with Gasteiger partial charge in [0.25, 0.3) is 0 Å². The molecule has 2 saturated heterocycles. The quantitative estimate of drug-likeness (QED) is 0.886. The first kappa shape index (κ1) is 16.1. The second-order valence-corrected chi connectivity index (χ2v) is 6.76. The molecule has 1 atom stereocenters. The number of anilines is 2. The molecule has 132 valence electrons. The van der Waals surface area contributed by atoms with Gasteiger partial charge in [0.2, 0.25) is 11.9 Å². The summed E-state index contributed by atoms with van der Waals surface area (Å²) in [6.45, 7) is 5.07. The lowest BCUT2D eigenvalue weighted by molar-refractivity contribution is -0.0454. The predicted molar refractivity (Wildman–Crippen MR) is 90.9 cm³/mol. The minimum absolute atomic E-state index is 0.131. The molecular formula is C17H21FN6O. The summed E-state index contributed by atoms with van der Waals surface area (Å²) >= 11 is 0. The third kappa shape index (κ3) is 3.26. The molecule has 0 bridgehead atoms. The molecule has 0 radical (unpaired) electrons. The Balaban J connectivity index is 1.31. The summed E-state index contributed by atoms with van der Waals surface area (Å²) in [6.07, 6.45) is 8.06. The van der Waals surface area contributed by atoms with Gasteiger partial charge in [-0.3, -0.25) is 0 Å². The summed E-state index contributed by atoms with van der Waals surface area (Å²) < 4.78 is 19.0. The first-order valence-electron chi connectivity index (χ1n) is 8.54. The number of rotatable bonds is 5. The van der Waals surface area contributed by atoms with Gasteiger partial charge in [-0.1, -0.05) is 0 Å². The van der Waals surface area contributed by atoms with Gasteiger partial charge < -0.3 is 15.0 Å². The molecule has 1 unspecified atom stereocenters.